The molecule has 2 fully saturated rings. The van der Waals surface area contributed by atoms with Gasteiger partial charge >= 0.3 is 24.4 Å². The Kier molecular flexibility index (Phi) is 15.3. The van der Waals surface area contributed by atoms with Crippen molar-refractivity contribution in [2.75, 3.05) is 67.5 Å². The minimum Gasteiger partial charge on any atom is -0.444 e. The third-order valence-corrected chi connectivity index (χ3v) is 8.55. The SMILES string of the molecule is CC(C)(C)OC(=O)/N=C(\NC(=O)OC(C)(C)C)N1CCN(c2ccc(NC(=O)c3ccc(N4CCN(/C(=N/C(=O)OC(C)(C)C)NC(=O)OC(C)(C)C)CC4)cc3)cc2)CC1. The number of hydrogen-bond acceptors (Lipinski definition) is 11. The number of nitrogens with one attached hydrogen (secondary N) is 3. The molecule has 2 saturated heterocycles. The summed E-state index contributed by atoms with van der Waals surface area (Å²) >= 11 is 0. The summed E-state index contributed by atoms with van der Waals surface area (Å²) in [4.78, 5) is 79.6. The summed E-state index contributed by atoms with van der Waals surface area (Å²) in [6.45, 7) is 25.0. The highest BCUT2D eigenvalue weighted by Crippen LogP contribution is 2.23. The molecule has 5 amide bonds. The molecule has 2 heterocycles. The molecule has 334 valence electrons. The van der Waals surface area contributed by atoms with E-state index in [0.717, 1.165) is 11.4 Å². The van der Waals surface area contributed by atoms with E-state index in [1.54, 1.807) is 105 Å². The van der Waals surface area contributed by atoms with Gasteiger partial charge in [-0.15, -0.1) is 9.98 Å². The van der Waals surface area contributed by atoms with Crippen molar-refractivity contribution in [3.63, 3.8) is 0 Å². The van der Waals surface area contributed by atoms with Crippen molar-refractivity contribution < 1.29 is 42.9 Å². The molecule has 3 N–H and O–H groups in total. The van der Waals surface area contributed by atoms with Crippen molar-refractivity contribution >= 4 is 59.3 Å². The Balaban J connectivity index is 1.32. The summed E-state index contributed by atoms with van der Waals surface area (Å²) in [5, 5.41) is 8.19. The van der Waals surface area contributed by atoms with Crippen LogP contribution < -0.4 is 25.8 Å². The number of amides is 5. The number of anilines is 3. The van der Waals surface area contributed by atoms with E-state index >= 15 is 0 Å². The van der Waals surface area contributed by atoms with Gasteiger partial charge in [0.1, 0.15) is 22.4 Å². The molecule has 2 aromatic rings. The Labute approximate surface area is 359 Å². The predicted octanol–water partition coefficient (Wildman–Crippen LogP) is 6.81. The topological polar surface area (TPSA) is 196 Å². The van der Waals surface area contributed by atoms with Gasteiger partial charge in [0.25, 0.3) is 5.91 Å². The number of carbonyl (C=O) groups is 5. The van der Waals surface area contributed by atoms with Crippen LogP contribution in [0.3, 0.4) is 0 Å². The van der Waals surface area contributed by atoms with Crippen LogP contribution >= 0.6 is 0 Å². The van der Waals surface area contributed by atoms with Crippen LogP contribution in [0.25, 0.3) is 0 Å². The first-order valence-corrected chi connectivity index (χ1v) is 20.4. The number of alkyl carbamates (subject to hydrolysis) is 2. The van der Waals surface area contributed by atoms with Gasteiger partial charge in [-0.25, -0.2) is 19.2 Å². The van der Waals surface area contributed by atoms with Crippen LogP contribution in [0.15, 0.2) is 58.5 Å². The van der Waals surface area contributed by atoms with E-state index in [2.05, 4.69) is 35.7 Å². The van der Waals surface area contributed by atoms with Gasteiger partial charge in [-0.1, -0.05) is 0 Å². The summed E-state index contributed by atoms with van der Waals surface area (Å²) < 4.78 is 21.5. The van der Waals surface area contributed by atoms with Crippen molar-refractivity contribution in [1.82, 2.24) is 20.4 Å². The van der Waals surface area contributed by atoms with Crippen LogP contribution in [0.1, 0.15) is 93.4 Å². The molecule has 0 aliphatic carbocycles. The van der Waals surface area contributed by atoms with Gasteiger partial charge in [-0.3, -0.25) is 15.4 Å². The highest BCUT2D eigenvalue weighted by Gasteiger charge is 2.28. The van der Waals surface area contributed by atoms with E-state index in [-0.39, 0.29) is 17.8 Å². The van der Waals surface area contributed by atoms with Gasteiger partial charge in [0.15, 0.2) is 0 Å². The molecule has 0 spiro atoms. The molecule has 0 atom stereocenters. The molecular weight excluding hydrogens is 787 g/mol. The zero-order valence-corrected chi connectivity index (χ0v) is 37.6. The zero-order chi connectivity index (χ0) is 45.3. The first-order chi connectivity index (χ1) is 28.2. The number of aliphatic imine (C=N–C) groups is 2. The lowest BCUT2D eigenvalue weighted by molar-refractivity contribution is 0.0535. The van der Waals surface area contributed by atoms with Crippen LogP contribution in [0.2, 0.25) is 0 Å². The number of carbonyl (C=O) groups excluding carboxylic acids is 5. The van der Waals surface area contributed by atoms with Gasteiger partial charge < -0.3 is 43.9 Å². The third kappa shape index (κ3) is 16.5. The van der Waals surface area contributed by atoms with Gasteiger partial charge in [-0.2, -0.15) is 0 Å². The Morgan fingerprint density at radius 3 is 1.13 bits per heavy atom. The second-order valence-electron chi connectivity index (χ2n) is 18.6. The lowest BCUT2D eigenvalue weighted by Gasteiger charge is -2.37. The molecule has 0 radical (unpaired) electrons. The second-order valence-corrected chi connectivity index (χ2v) is 18.6. The van der Waals surface area contributed by atoms with Crippen LogP contribution in [0.4, 0.5) is 36.2 Å². The quantitative estimate of drug-likeness (QED) is 0.165. The van der Waals surface area contributed by atoms with Gasteiger partial charge in [-0.05, 0) is 132 Å². The van der Waals surface area contributed by atoms with Gasteiger partial charge in [0, 0.05) is 75.0 Å². The van der Waals surface area contributed by atoms with Crippen LogP contribution in [0, 0.1) is 0 Å². The third-order valence-electron chi connectivity index (χ3n) is 8.55. The second kappa shape index (κ2) is 19.5. The Hall–Kier alpha value is -6.07. The monoisotopic (exact) mass is 849 g/mol. The minimum atomic E-state index is -0.823. The lowest BCUT2D eigenvalue weighted by Crippen LogP contribution is -2.54. The van der Waals surface area contributed by atoms with E-state index in [1.165, 1.54) is 0 Å². The molecule has 0 saturated carbocycles. The molecule has 0 bridgehead atoms. The number of piperazine rings is 2. The largest absolute Gasteiger partial charge is 0.444 e. The zero-order valence-electron chi connectivity index (χ0n) is 37.6. The van der Waals surface area contributed by atoms with Crippen LogP contribution in [0.5, 0.6) is 0 Å². The van der Waals surface area contributed by atoms with Crippen molar-refractivity contribution in [3.8, 4) is 0 Å². The molecular formula is C43H63N9O9. The number of rotatable bonds is 4. The molecule has 0 aromatic heterocycles. The molecule has 0 unspecified atom stereocenters. The molecule has 18 heteroatoms. The maximum Gasteiger partial charge on any atom is 0.437 e. The summed E-state index contributed by atoms with van der Waals surface area (Å²) in [5.41, 5.74) is -0.0326. The molecule has 2 aromatic carbocycles. The molecule has 4 rings (SSSR count). The number of nitrogens with zero attached hydrogens (tertiary/aromatic N) is 6. The summed E-state index contributed by atoms with van der Waals surface area (Å²) in [7, 11) is 0. The number of ether oxygens (including phenoxy) is 4. The van der Waals surface area contributed by atoms with E-state index in [0.29, 0.717) is 63.6 Å². The first-order valence-electron chi connectivity index (χ1n) is 20.4. The van der Waals surface area contributed by atoms with E-state index in [9.17, 15) is 24.0 Å². The number of benzene rings is 2. The molecule has 18 nitrogen and oxygen atoms in total. The van der Waals surface area contributed by atoms with Gasteiger partial charge in [0.2, 0.25) is 11.9 Å². The Morgan fingerprint density at radius 2 is 0.803 bits per heavy atom. The van der Waals surface area contributed by atoms with Crippen LogP contribution in [-0.2, 0) is 18.9 Å². The van der Waals surface area contributed by atoms with E-state index < -0.39 is 46.8 Å². The highest BCUT2D eigenvalue weighted by atomic mass is 16.6. The van der Waals surface area contributed by atoms with Crippen molar-refractivity contribution in [2.45, 2.75) is 105 Å². The molecule has 2 aliphatic heterocycles. The maximum absolute atomic E-state index is 13.2. The van der Waals surface area contributed by atoms with Crippen molar-refractivity contribution in [1.29, 1.82) is 0 Å². The normalized spacial score (nSPS) is 15.7. The average Bonchev–Trinajstić information content (AvgIpc) is 3.12. The molecule has 2 aliphatic rings. The van der Waals surface area contributed by atoms with Crippen LogP contribution in [-0.4, -0.2) is 127 Å². The minimum absolute atomic E-state index is 0.0520. The molecule has 61 heavy (non-hydrogen) atoms. The fourth-order valence-electron chi connectivity index (χ4n) is 6.02. The van der Waals surface area contributed by atoms with Gasteiger partial charge in [0.05, 0.1) is 0 Å². The average molecular weight is 850 g/mol. The van der Waals surface area contributed by atoms with E-state index in [4.69, 9.17) is 18.9 Å². The lowest BCUT2D eigenvalue weighted by atomic mass is 10.1. The fraction of sp³-hybridized carbons (Fsp3) is 0.558. The number of hydrogen-bond donors (Lipinski definition) is 3. The maximum atomic E-state index is 13.2. The Morgan fingerprint density at radius 1 is 0.475 bits per heavy atom. The summed E-state index contributed by atoms with van der Waals surface area (Å²) in [5.74, 6) is -0.151. The Bertz CT molecular complexity index is 1920. The first kappa shape index (κ1) is 47.6. The predicted molar refractivity (Wildman–Crippen MR) is 234 cm³/mol. The standard InChI is InChI=1S/C43H63N9O9/c1-40(2,3)58-36(54)45-34(46-37(55)59-41(4,5)6)51-25-21-49(22-26-51)31-17-13-29(14-18-31)33(53)44-30-15-19-32(20-16-30)50-23-27-52(28-24-50)35(47-38(56)60-42(7,8)9)48-39(57)61-43(10,11)12/h13-20H,21-28H2,1-12H3,(H,44,53)(H,45,46,54,55)(H,47,48,56,57). The fourth-order valence-corrected chi connectivity index (χ4v) is 6.02. The summed E-state index contributed by atoms with van der Waals surface area (Å²) in [6.07, 6.45) is -3.10. The van der Waals surface area contributed by atoms with E-state index in [1.807, 2.05) is 36.4 Å². The number of guanidine groups is 2. The van der Waals surface area contributed by atoms with Crippen molar-refractivity contribution in [3.05, 3.63) is 54.1 Å². The van der Waals surface area contributed by atoms with Crippen molar-refractivity contribution in [2.24, 2.45) is 9.98 Å². The highest BCUT2D eigenvalue weighted by molar-refractivity contribution is 6.04. The smallest absolute Gasteiger partial charge is 0.437 e. The summed E-state index contributed by atoms with van der Waals surface area (Å²) in [6, 6.07) is 14.8.